The highest BCUT2D eigenvalue weighted by atomic mass is 35.5. The number of nitrogens with zero attached hydrogens (tertiary/aromatic N) is 2. The Morgan fingerprint density at radius 2 is 1.63 bits per heavy atom. The van der Waals surface area contributed by atoms with Crippen molar-refractivity contribution in [1.29, 1.82) is 0 Å². The van der Waals surface area contributed by atoms with Crippen molar-refractivity contribution < 1.29 is 22.1 Å². The zero-order valence-corrected chi connectivity index (χ0v) is 24.1. The first-order valence-electron chi connectivity index (χ1n) is 12.7. The summed E-state index contributed by atoms with van der Waals surface area (Å²) in [5, 5.41) is 0.362. The Kier molecular flexibility index (Phi) is 10.1. The van der Waals surface area contributed by atoms with Crippen LogP contribution >= 0.6 is 11.6 Å². The summed E-state index contributed by atoms with van der Waals surface area (Å²) in [6.45, 7) is 9.62. The predicted molar refractivity (Wildman–Crippen MR) is 152 cm³/mol. The van der Waals surface area contributed by atoms with Crippen LogP contribution in [-0.2, 0) is 16.7 Å². The van der Waals surface area contributed by atoms with Gasteiger partial charge in [0.2, 0.25) is 0 Å². The van der Waals surface area contributed by atoms with Crippen LogP contribution in [0.3, 0.4) is 0 Å². The molecule has 0 aliphatic heterocycles. The van der Waals surface area contributed by atoms with Crippen LogP contribution in [0.5, 0.6) is 11.5 Å². The minimum atomic E-state index is -4.16. The molecule has 3 aromatic carbocycles. The van der Waals surface area contributed by atoms with Gasteiger partial charge in [0, 0.05) is 43.0 Å². The van der Waals surface area contributed by atoms with E-state index in [1.807, 2.05) is 39.8 Å². The Bertz CT molecular complexity index is 1340. The number of methoxy groups -OCH3 is 1. The van der Waals surface area contributed by atoms with Gasteiger partial charge >= 0.3 is 10.1 Å². The molecule has 0 fully saturated rings. The summed E-state index contributed by atoms with van der Waals surface area (Å²) in [7, 11) is -2.64. The van der Waals surface area contributed by atoms with Gasteiger partial charge in [0.05, 0.1) is 17.7 Å². The minimum Gasteiger partial charge on any atom is -0.497 e. The first-order chi connectivity index (χ1) is 18.1. The van der Waals surface area contributed by atoms with Gasteiger partial charge in [-0.05, 0) is 69.7 Å². The van der Waals surface area contributed by atoms with Gasteiger partial charge in [0.25, 0.3) is 5.91 Å². The summed E-state index contributed by atoms with van der Waals surface area (Å²) in [6.07, 6.45) is 0.702. The Balaban J connectivity index is 2.05. The summed E-state index contributed by atoms with van der Waals surface area (Å²) < 4.78 is 37.4. The van der Waals surface area contributed by atoms with Gasteiger partial charge in [-0.2, -0.15) is 8.42 Å². The highest BCUT2D eigenvalue weighted by molar-refractivity contribution is 7.87. The van der Waals surface area contributed by atoms with E-state index in [0.29, 0.717) is 28.3 Å². The molecule has 3 aromatic rings. The highest BCUT2D eigenvalue weighted by Crippen LogP contribution is 2.32. The Morgan fingerprint density at radius 1 is 0.974 bits per heavy atom. The summed E-state index contributed by atoms with van der Waals surface area (Å²) in [4.78, 5) is 17.4. The first kappa shape index (κ1) is 29.3. The molecule has 0 radical (unpaired) electrons. The van der Waals surface area contributed by atoms with Crippen LogP contribution in [0, 0.1) is 0 Å². The van der Waals surface area contributed by atoms with Crippen molar-refractivity contribution in [3.8, 4) is 11.5 Å². The van der Waals surface area contributed by atoms with Crippen molar-refractivity contribution >= 4 is 33.3 Å². The average Bonchev–Trinajstić information content (AvgIpc) is 2.92. The molecule has 0 saturated heterocycles. The van der Waals surface area contributed by atoms with E-state index < -0.39 is 10.1 Å². The van der Waals surface area contributed by atoms with Crippen LogP contribution in [0.4, 0.5) is 5.69 Å². The fourth-order valence-electron chi connectivity index (χ4n) is 4.07. The molecule has 0 aliphatic carbocycles. The van der Waals surface area contributed by atoms with E-state index in [1.165, 1.54) is 19.2 Å². The molecule has 0 bridgehead atoms. The summed E-state index contributed by atoms with van der Waals surface area (Å²) in [5.41, 5.74) is 1.78. The quantitative estimate of drug-likeness (QED) is 0.239. The number of halogens is 1. The predicted octanol–water partition coefficient (Wildman–Crippen LogP) is 6.40. The lowest BCUT2D eigenvalue weighted by Gasteiger charge is -2.30. The molecule has 0 saturated carbocycles. The molecule has 204 valence electrons. The van der Waals surface area contributed by atoms with Crippen molar-refractivity contribution in [2.24, 2.45) is 0 Å². The zero-order chi connectivity index (χ0) is 27.9. The second-order valence-corrected chi connectivity index (χ2v) is 10.8. The van der Waals surface area contributed by atoms with Crippen LogP contribution in [0.15, 0.2) is 71.6 Å². The molecule has 1 amide bonds. The normalized spacial score (nSPS) is 12.1. The number of rotatable bonds is 12. The molecule has 0 N–H and O–H groups in total. The van der Waals surface area contributed by atoms with Crippen LogP contribution in [0.25, 0.3) is 0 Å². The van der Waals surface area contributed by atoms with E-state index in [4.69, 9.17) is 20.5 Å². The summed E-state index contributed by atoms with van der Waals surface area (Å²) in [5.74, 6) is 0.475. The maximum Gasteiger partial charge on any atom is 0.339 e. The van der Waals surface area contributed by atoms with Crippen molar-refractivity contribution in [3.63, 3.8) is 0 Å². The molecule has 1 unspecified atom stereocenters. The number of carbonyl (C=O) groups excluding carboxylic acids is 1. The van der Waals surface area contributed by atoms with Gasteiger partial charge in [0.1, 0.15) is 16.4 Å². The van der Waals surface area contributed by atoms with E-state index in [2.05, 4.69) is 4.90 Å². The third kappa shape index (κ3) is 6.79. The Labute approximate surface area is 231 Å². The fraction of sp³-hybridized carbons (Fsp3) is 0.345. The SMILES string of the molecule is CCC(C)N(Cc1ccc(N(CC)CC)cc1OS(=O)(=O)c1ccc(OC)cc1)C(=O)c1ccccc1Cl. The monoisotopic (exact) mass is 558 g/mol. The fourth-order valence-corrected chi connectivity index (χ4v) is 5.24. The molecule has 7 nitrogen and oxygen atoms in total. The largest absolute Gasteiger partial charge is 0.497 e. The molecule has 1 atom stereocenters. The number of hydrogen-bond acceptors (Lipinski definition) is 6. The molecular formula is C29H35ClN2O5S. The molecule has 38 heavy (non-hydrogen) atoms. The van der Waals surface area contributed by atoms with Crippen molar-refractivity contribution in [3.05, 3.63) is 82.9 Å². The number of hydrogen-bond donors (Lipinski definition) is 0. The van der Waals surface area contributed by atoms with Gasteiger partial charge in [-0.1, -0.05) is 36.7 Å². The van der Waals surface area contributed by atoms with E-state index in [9.17, 15) is 13.2 Å². The highest BCUT2D eigenvalue weighted by Gasteiger charge is 2.26. The number of ether oxygens (including phenoxy) is 1. The third-order valence-electron chi connectivity index (χ3n) is 6.56. The zero-order valence-electron chi connectivity index (χ0n) is 22.5. The molecule has 3 rings (SSSR count). The van der Waals surface area contributed by atoms with E-state index in [0.717, 1.165) is 18.8 Å². The molecular weight excluding hydrogens is 524 g/mol. The molecule has 9 heteroatoms. The van der Waals surface area contributed by atoms with Crippen LogP contribution in [-0.4, -0.2) is 45.5 Å². The summed E-state index contributed by atoms with van der Waals surface area (Å²) in [6, 6.07) is 18.2. The first-order valence-corrected chi connectivity index (χ1v) is 14.5. The molecule has 0 heterocycles. The number of anilines is 1. The summed E-state index contributed by atoms with van der Waals surface area (Å²) >= 11 is 6.34. The van der Waals surface area contributed by atoms with Gasteiger partial charge < -0.3 is 18.7 Å². The van der Waals surface area contributed by atoms with Crippen LogP contribution < -0.4 is 13.8 Å². The Morgan fingerprint density at radius 3 is 2.21 bits per heavy atom. The molecule has 0 aromatic heterocycles. The van der Waals surface area contributed by atoms with Gasteiger partial charge in [-0.15, -0.1) is 0 Å². The van der Waals surface area contributed by atoms with Gasteiger partial charge in [0.15, 0.2) is 0 Å². The standard InChI is InChI=1S/C29H35ClN2O5S/c1-6-21(4)32(29(33)26-11-9-10-12-27(26)30)20-22-13-14-23(31(7-2)8-3)19-28(22)37-38(34,35)25-17-15-24(36-5)16-18-25/h9-19,21H,6-8,20H2,1-5H3. The minimum absolute atomic E-state index is 0.00317. The molecule has 0 aliphatic rings. The topological polar surface area (TPSA) is 76.2 Å². The number of carbonyl (C=O) groups is 1. The van der Waals surface area contributed by atoms with E-state index >= 15 is 0 Å². The van der Waals surface area contributed by atoms with Crippen LogP contribution in [0.2, 0.25) is 5.02 Å². The van der Waals surface area contributed by atoms with E-state index in [-0.39, 0.29) is 29.1 Å². The maximum atomic E-state index is 13.6. The second-order valence-electron chi connectivity index (χ2n) is 8.85. The second kappa shape index (κ2) is 13.0. The van der Waals surface area contributed by atoms with Crippen LogP contribution in [0.1, 0.15) is 50.0 Å². The molecule has 0 spiro atoms. The Hall–Kier alpha value is -3.23. The van der Waals surface area contributed by atoms with Crippen molar-refractivity contribution in [1.82, 2.24) is 4.90 Å². The van der Waals surface area contributed by atoms with Crippen molar-refractivity contribution in [2.75, 3.05) is 25.1 Å². The number of amides is 1. The van der Waals surface area contributed by atoms with Crippen molar-refractivity contribution in [2.45, 2.75) is 51.6 Å². The van der Waals surface area contributed by atoms with E-state index in [1.54, 1.807) is 47.4 Å². The lowest BCUT2D eigenvalue weighted by Crippen LogP contribution is -2.38. The lowest BCUT2D eigenvalue weighted by atomic mass is 10.1. The maximum absolute atomic E-state index is 13.6. The van der Waals surface area contributed by atoms with Gasteiger partial charge in [-0.3, -0.25) is 4.79 Å². The third-order valence-corrected chi connectivity index (χ3v) is 8.13. The number of benzene rings is 3. The average molecular weight is 559 g/mol. The lowest BCUT2D eigenvalue weighted by molar-refractivity contribution is 0.0671. The smallest absolute Gasteiger partial charge is 0.339 e. The van der Waals surface area contributed by atoms with Gasteiger partial charge in [-0.25, -0.2) is 0 Å².